The zero-order valence-corrected chi connectivity index (χ0v) is 10.4. The smallest absolute Gasteiger partial charge is 0.145 e. The average Bonchev–Trinajstić information content (AvgIpc) is 2.63. The summed E-state index contributed by atoms with van der Waals surface area (Å²) in [5.41, 5.74) is 2.58. The van der Waals surface area contributed by atoms with Crippen LogP contribution in [0.15, 0.2) is 12.4 Å². The number of hydrogen-bond donors (Lipinski definition) is 2. The highest BCUT2D eigenvalue weighted by atomic mass is 15.3. The van der Waals surface area contributed by atoms with Crippen molar-refractivity contribution in [3.8, 4) is 0 Å². The second-order valence-electron chi connectivity index (χ2n) is 4.51. The minimum atomic E-state index is 0.595. The van der Waals surface area contributed by atoms with Crippen molar-refractivity contribution in [1.82, 2.24) is 9.97 Å². The van der Waals surface area contributed by atoms with E-state index in [0.717, 1.165) is 18.8 Å². The van der Waals surface area contributed by atoms with Crippen molar-refractivity contribution in [2.24, 2.45) is 5.84 Å². The lowest BCUT2D eigenvalue weighted by molar-refractivity contribution is 0.552. The molecule has 0 saturated carbocycles. The van der Waals surface area contributed by atoms with Crippen molar-refractivity contribution in [3.63, 3.8) is 0 Å². The third-order valence-electron chi connectivity index (χ3n) is 3.44. The van der Waals surface area contributed by atoms with Gasteiger partial charge in [-0.15, -0.1) is 0 Å². The van der Waals surface area contributed by atoms with Gasteiger partial charge in [0, 0.05) is 18.7 Å². The molecule has 0 spiro atoms. The van der Waals surface area contributed by atoms with Crippen LogP contribution in [0.1, 0.15) is 39.0 Å². The molecule has 1 fully saturated rings. The predicted molar refractivity (Wildman–Crippen MR) is 69.7 cm³/mol. The highest BCUT2D eigenvalue weighted by Crippen LogP contribution is 2.24. The SMILES string of the molecule is CCC1CCCCCN1c1cc(NN)ncn1. The van der Waals surface area contributed by atoms with E-state index in [9.17, 15) is 0 Å². The van der Waals surface area contributed by atoms with Crippen LogP contribution in [0.2, 0.25) is 0 Å². The summed E-state index contributed by atoms with van der Waals surface area (Å²) in [6, 6.07) is 2.52. The third kappa shape index (κ3) is 2.85. The molecule has 1 aliphatic rings. The van der Waals surface area contributed by atoms with Gasteiger partial charge < -0.3 is 10.3 Å². The van der Waals surface area contributed by atoms with Gasteiger partial charge in [0.05, 0.1) is 0 Å². The summed E-state index contributed by atoms with van der Waals surface area (Å²) in [5.74, 6) is 7.05. The van der Waals surface area contributed by atoms with E-state index in [1.54, 1.807) is 6.33 Å². The van der Waals surface area contributed by atoms with Crippen LogP contribution in [0, 0.1) is 0 Å². The number of nitrogens with zero attached hydrogens (tertiary/aromatic N) is 3. The van der Waals surface area contributed by atoms with E-state index < -0.39 is 0 Å². The molecule has 3 N–H and O–H groups in total. The van der Waals surface area contributed by atoms with Crippen LogP contribution in [-0.2, 0) is 0 Å². The van der Waals surface area contributed by atoms with E-state index in [1.165, 1.54) is 25.7 Å². The summed E-state index contributed by atoms with van der Waals surface area (Å²) in [6.07, 6.45) is 7.87. The lowest BCUT2D eigenvalue weighted by atomic mass is 10.1. The Labute approximate surface area is 102 Å². The number of rotatable bonds is 3. The monoisotopic (exact) mass is 235 g/mol. The van der Waals surface area contributed by atoms with Gasteiger partial charge in [-0.3, -0.25) is 0 Å². The molecule has 1 aromatic heterocycles. The standard InChI is InChI=1S/C12H21N5/c1-2-10-6-4-3-5-7-17(10)12-8-11(16-13)14-9-15-12/h8-10H,2-7,13H2,1H3,(H,14,15,16). The molecule has 94 valence electrons. The zero-order valence-electron chi connectivity index (χ0n) is 10.4. The van der Waals surface area contributed by atoms with Crippen LogP contribution in [0.25, 0.3) is 0 Å². The predicted octanol–water partition coefficient (Wildman–Crippen LogP) is 1.92. The first kappa shape index (κ1) is 12.1. The lowest BCUT2D eigenvalue weighted by Crippen LogP contribution is -2.35. The third-order valence-corrected chi connectivity index (χ3v) is 3.44. The molecule has 5 nitrogen and oxygen atoms in total. The van der Waals surface area contributed by atoms with Crippen LogP contribution < -0.4 is 16.2 Å². The second kappa shape index (κ2) is 5.82. The molecule has 1 unspecified atom stereocenters. The molecule has 0 amide bonds. The average molecular weight is 235 g/mol. The molecule has 1 aliphatic heterocycles. The molecule has 0 aliphatic carbocycles. The van der Waals surface area contributed by atoms with Crippen molar-refractivity contribution in [3.05, 3.63) is 12.4 Å². The Kier molecular flexibility index (Phi) is 4.14. The van der Waals surface area contributed by atoms with Crippen molar-refractivity contribution in [2.45, 2.75) is 45.1 Å². The fourth-order valence-corrected chi connectivity index (χ4v) is 2.49. The van der Waals surface area contributed by atoms with Gasteiger partial charge in [0.1, 0.15) is 18.0 Å². The van der Waals surface area contributed by atoms with Crippen LogP contribution >= 0.6 is 0 Å². The van der Waals surface area contributed by atoms with Crippen LogP contribution in [0.5, 0.6) is 0 Å². The normalized spacial score (nSPS) is 21.1. The number of hydrogen-bond acceptors (Lipinski definition) is 5. The van der Waals surface area contributed by atoms with Crippen LogP contribution in [0.3, 0.4) is 0 Å². The van der Waals surface area contributed by atoms with Crippen molar-refractivity contribution < 1.29 is 0 Å². The van der Waals surface area contributed by atoms with Crippen LogP contribution in [-0.4, -0.2) is 22.6 Å². The molecule has 0 radical (unpaired) electrons. The highest BCUT2D eigenvalue weighted by Gasteiger charge is 2.20. The first-order valence-corrected chi connectivity index (χ1v) is 6.40. The van der Waals surface area contributed by atoms with Crippen molar-refractivity contribution in [1.29, 1.82) is 0 Å². The van der Waals surface area contributed by atoms with Gasteiger partial charge in [-0.2, -0.15) is 0 Å². The molecule has 2 rings (SSSR count). The van der Waals surface area contributed by atoms with E-state index in [0.29, 0.717) is 11.9 Å². The fraction of sp³-hybridized carbons (Fsp3) is 0.667. The Balaban J connectivity index is 2.21. The van der Waals surface area contributed by atoms with Gasteiger partial charge in [-0.1, -0.05) is 19.8 Å². The summed E-state index contributed by atoms with van der Waals surface area (Å²) < 4.78 is 0. The van der Waals surface area contributed by atoms with Crippen LogP contribution in [0.4, 0.5) is 11.6 Å². The largest absolute Gasteiger partial charge is 0.353 e. The molecule has 1 saturated heterocycles. The summed E-state index contributed by atoms with van der Waals surface area (Å²) in [4.78, 5) is 10.8. The highest BCUT2D eigenvalue weighted by molar-refractivity contribution is 5.48. The first-order chi connectivity index (χ1) is 8.35. The maximum atomic E-state index is 5.39. The number of nitrogens with one attached hydrogen (secondary N) is 1. The Hall–Kier alpha value is -1.36. The quantitative estimate of drug-likeness (QED) is 0.619. The van der Waals surface area contributed by atoms with Gasteiger partial charge in [-0.05, 0) is 19.3 Å². The molecule has 1 atom stereocenters. The Morgan fingerprint density at radius 1 is 1.41 bits per heavy atom. The zero-order chi connectivity index (χ0) is 12.1. The maximum absolute atomic E-state index is 5.39. The van der Waals surface area contributed by atoms with Gasteiger partial charge >= 0.3 is 0 Å². The van der Waals surface area contributed by atoms with Gasteiger partial charge in [-0.25, -0.2) is 15.8 Å². The van der Waals surface area contributed by atoms with Crippen molar-refractivity contribution in [2.75, 3.05) is 16.9 Å². The van der Waals surface area contributed by atoms with E-state index >= 15 is 0 Å². The number of hydrazine groups is 1. The van der Waals surface area contributed by atoms with E-state index in [1.807, 2.05) is 6.07 Å². The molecule has 0 aromatic carbocycles. The fourth-order valence-electron chi connectivity index (χ4n) is 2.49. The molecule has 1 aromatic rings. The van der Waals surface area contributed by atoms with Gasteiger partial charge in [0.15, 0.2) is 0 Å². The second-order valence-corrected chi connectivity index (χ2v) is 4.51. The number of nitrogens with two attached hydrogens (primary N) is 1. The Morgan fingerprint density at radius 3 is 3.06 bits per heavy atom. The van der Waals surface area contributed by atoms with E-state index in [4.69, 9.17) is 5.84 Å². The molecular weight excluding hydrogens is 214 g/mol. The molecule has 2 heterocycles. The number of anilines is 2. The molecule has 5 heteroatoms. The molecular formula is C12H21N5. The van der Waals surface area contributed by atoms with E-state index in [2.05, 4.69) is 27.2 Å². The summed E-state index contributed by atoms with van der Waals surface area (Å²) in [6.45, 7) is 3.33. The topological polar surface area (TPSA) is 67.1 Å². The van der Waals surface area contributed by atoms with Crippen molar-refractivity contribution >= 4 is 11.6 Å². The Morgan fingerprint density at radius 2 is 2.29 bits per heavy atom. The summed E-state index contributed by atoms with van der Waals surface area (Å²) in [5, 5.41) is 0. The minimum absolute atomic E-state index is 0.595. The summed E-state index contributed by atoms with van der Waals surface area (Å²) >= 11 is 0. The number of aromatic nitrogens is 2. The Bertz CT molecular complexity index is 355. The van der Waals surface area contributed by atoms with E-state index in [-0.39, 0.29) is 0 Å². The van der Waals surface area contributed by atoms with Gasteiger partial charge in [0.2, 0.25) is 0 Å². The maximum Gasteiger partial charge on any atom is 0.145 e. The minimum Gasteiger partial charge on any atom is -0.353 e. The molecule has 17 heavy (non-hydrogen) atoms. The molecule has 0 bridgehead atoms. The summed E-state index contributed by atoms with van der Waals surface area (Å²) in [7, 11) is 0. The van der Waals surface area contributed by atoms with Gasteiger partial charge in [0.25, 0.3) is 0 Å². The first-order valence-electron chi connectivity index (χ1n) is 6.40. The number of nitrogen functional groups attached to an aromatic ring is 1. The lowest BCUT2D eigenvalue weighted by Gasteiger charge is -2.30.